The number of nitrogens with one attached hydrogen (secondary N) is 2. The molecule has 0 unspecified atom stereocenters. The van der Waals surface area contributed by atoms with Gasteiger partial charge in [0, 0.05) is 55.5 Å². The first-order chi connectivity index (χ1) is 15.1. The molecule has 0 atom stereocenters. The molecule has 2 N–H and O–H groups in total. The van der Waals surface area contributed by atoms with E-state index in [2.05, 4.69) is 20.6 Å². The average Bonchev–Trinajstić information content (AvgIpc) is 2.81. The normalized spacial score (nSPS) is 13.6. The van der Waals surface area contributed by atoms with Gasteiger partial charge in [0.05, 0.1) is 0 Å². The molecule has 3 aromatic rings. The number of anilines is 3. The molecule has 0 aliphatic carbocycles. The molecule has 0 bridgehead atoms. The molecule has 2 heterocycles. The summed E-state index contributed by atoms with van der Waals surface area (Å²) in [5.74, 6) is -0.00945. The van der Waals surface area contributed by atoms with Gasteiger partial charge in [-0.1, -0.05) is 6.07 Å². The van der Waals surface area contributed by atoms with Crippen molar-refractivity contribution in [2.45, 2.75) is 0 Å². The number of nitrogens with zero attached hydrogens (tertiary/aromatic N) is 4. The van der Waals surface area contributed by atoms with Gasteiger partial charge in [0.25, 0.3) is 5.91 Å². The Kier molecular flexibility index (Phi) is 6.02. The van der Waals surface area contributed by atoms with Crippen LogP contribution in [0, 0.1) is 5.82 Å². The monoisotopic (exact) mass is 420 g/mol. The van der Waals surface area contributed by atoms with E-state index in [-0.39, 0.29) is 17.8 Å². The Labute approximate surface area is 178 Å². The molecule has 4 rings (SSSR count). The number of rotatable bonds is 4. The fourth-order valence-electron chi connectivity index (χ4n) is 3.25. The summed E-state index contributed by atoms with van der Waals surface area (Å²) in [5.41, 5.74) is 1.79. The summed E-state index contributed by atoms with van der Waals surface area (Å²) in [6.07, 6.45) is 3.27. The first-order valence-electron chi connectivity index (χ1n) is 9.83. The number of hydrogen-bond acceptors (Lipinski definition) is 5. The van der Waals surface area contributed by atoms with E-state index in [4.69, 9.17) is 0 Å². The van der Waals surface area contributed by atoms with Crippen LogP contribution >= 0.6 is 0 Å². The molecule has 9 heteroatoms. The van der Waals surface area contributed by atoms with Gasteiger partial charge in [0.15, 0.2) is 0 Å². The lowest BCUT2D eigenvalue weighted by atomic mass is 10.1. The highest BCUT2D eigenvalue weighted by atomic mass is 19.1. The van der Waals surface area contributed by atoms with Crippen molar-refractivity contribution in [3.8, 4) is 0 Å². The lowest BCUT2D eigenvalue weighted by Gasteiger charge is -2.34. The number of amides is 3. The van der Waals surface area contributed by atoms with Crippen LogP contribution in [0.25, 0.3) is 0 Å². The number of aromatic nitrogens is 2. The molecule has 1 saturated heterocycles. The Morgan fingerprint density at radius 3 is 2.23 bits per heavy atom. The van der Waals surface area contributed by atoms with E-state index in [1.54, 1.807) is 46.5 Å². The predicted octanol–water partition coefficient (Wildman–Crippen LogP) is 3.35. The van der Waals surface area contributed by atoms with Crippen LogP contribution in [0.15, 0.2) is 67.0 Å². The largest absolute Gasteiger partial charge is 0.335 e. The van der Waals surface area contributed by atoms with Crippen LogP contribution < -0.4 is 10.6 Å². The van der Waals surface area contributed by atoms with E-state index >= 15 is 0 Å². The number of halogens is 1. The summed E-state index contributed by atoms with van der Waals surface area (Å²) in [6.45, 7) is 1.67. The number of piperazine rings is 1. The van der Waals surface area contributed by atoms with Gasteiger partial charge in [-0.2, -0.15) is 0 Å². The Bertz CT molecular complexity index is 1050. The molecule has 1 aliphatic heterocycles. The number of hydrogen-bond donors (Lipinski definition) is 2. The van der Waals surface area contributed by atoms with Crippen LogP contribution in [0.4, 0.5) is 26.5 Å². The molecular weight excluding hydrogens is 399 g/mol. The quantitative estimate of drug-likeness (QED) is 0.676. The van der Waals surface area contributed by atoms with Gasteiger partial charge in [-0.15, -0.1) is 0 Å². The maximum atomic E-state index is 13.0. The van der Waals surface area contributed by atoms with Crippen molar-refractivity contribution in [2.24, 2.45) is 0 Å². The number of benzene rings is 2. The third kappa shape index (κ3) is 5.13. The van der Waals surface area contributed by atoms with Gasteiger partial charge in [-0.05, 0) is 48.5 Å². The number of carbonyl (C=O) groups excluding carboxylic acids is 2. The summed E-state index contributed by atoms with van der Waals surface area (Å²) in [7, 11) is 0. The molecule has 0 spiro atoms. The lowest BCUT2D eigenvalue weighted by Crippen LogP contribution is -2.51. The molecule has 1 aromatic heterocycles. The van der Waals surface area contributed by atoms with Gasteiger partial charge >= 0.3 is 6.03 Å². The molecular formula is C22H21FN6O2. The van der Waals surface area contributed by atoms with Crippen molar-refractivity contribution in [1.82, 2.24) is 19.8 Å². The Hall–Kier alpha value is -4.01. The zero-order chi connectivity index (χ0) is 21.6. The van der Waals surface area contributed by atoms with Crippen LogP contribution in [0.5, 0.6) is 0 Å². The second-order valence-corrected chi connectivity index (χ2v) is 6.99. The summed E-state index contributed by atoms with van der Waals surface area (Å²) >= 11 is 0. The Morgan fingerprint density at radius 1 is 0.839 bits per heavy atom. The van der Waals surface area contributed by atoms with Crippen LogP contribution in [-0.2, 0) is 0 Å². The molecule has 3 amide bonds. The first-order valence-corrected chi connectivity index (χ1v) is 9.83. The SMILES string of the molecule is O=C(Nc1ccc(F)cc1)N1CCN(C(=O)c2cccc(Nc3ncccn3)c2)CC1. The van der Waals surface area contributed by atoms with Crippen LogP contribution in [0.1, 0.15) is 10.4 Å². The molecule has 1 fully saturated rings. The summed E-state index contributed by atoms with van der Waals surface area (Å²) < 4.78 is 13.0. The maximum absolute atomic E-state index is 13.0. The van der Waals surface area contributed by atoms with Crippen molar-refractivity contribution in [2.75, 3.05) is 36.8 Å². The number of carbonyl (C=O) groups is 2. The summed E-state index contributed by atoms with van der Waals surface area (Å²) in [6, 6.07) is 14.2. The molecule has 0 radical (unpaired) electrons. The van der Waals surface area contributed by atoms with Gasteiger partial charge in [-0.3, -0.25) is 4.79 Å². The zero-order valence-electron chi connectivity index (χ0n) is 16.7. The summed E-state index contributed by atoms with van der Waals surface area (Å²) in [4.78, 5) is 36.9. The minimum Gasteiger partial charge on any atom is -0.335 e. The first kappa shape index (κ1) is 20.3. The van der Waals surface area contributed by atoms with E-state index in [1.807, 2.05) is 6.07 Å². The topological polar surface area (TPSA) is 90.5 Å². The van der Waals surface area contributed by atoms with E-state index in [0.717, 1.165) is 5.69 Å². The third-order valence-electron chi connectivity index (χ3n) is 4.88. The van der Waals surface area contributed by atoms with Crippen LogP contribution in [-0.4, -0.2) is 57.9 Å². The fourth-order valence-corrected chi connectivity index (χ4v) is 3.25. The fraction of sp³-hybridized carbons (Fsp3) is 0.182. The van der Waals surface area contributed by atoms with Gasteiger partial charge in [0.2, 0.25) is 5.95 Å². The van der Waals surface area contributed by atoms with Crippen molar-refractivity contribution < 1.29 is 14.0 Å². The van der Waals surface area contributed by atoms with E-state index in [0.29, 0.717) is 43.4 Å². The smallest absolute Gasteiger partial charge is 0.321 e. The van der Waals surface area contributed by atoms with Gasteiger partial charge < -0.3 is 20.4 Å². The third-order valence-corrected chi connectivity index (χ3v) is 4.88. The molecule has 31 heavy (non-hydrogen) atoms. The molecule has 1 aliphatic rings. The minimum absolute atomic E-state index is 0.101. The van der Waals surface area contributed by atoms with Crippen molar-refractivity contribution in [1.29, 1.82) is 0 Å². The van der Waals surface area contributed by atoms with Crippen molar-refractivity contribution >= 4 is 29.3 Å². The lowest BCUT2D eigenvalue weighted by molar-refractivity contribution is 0.0672. The van der Waals surface area contributed by atoms with Crippen molar-refractivity contribution in [3.63, 3.8) is 0 Å². The van der Waals surface area contributed by atoms with Crippen molar-refractivity contribution in [3.05, 3.63) is 78.4 Å². The van der Waals surface area contributed by atoms with E-state index in [9.17, 15) is 14.0 Å². The minimum atomic E-state index is -0.360. The molecule has 158 valence electrons. The average molecular weight is 420 g/mol. The summed E-state index contributed by atoms with van der Waals surface area (Å²) in [5, 5.41) is 5.82. The highest BCUT2D eigenvalue weighted by molar-refractivity contribution is 5.95. The zero-order valence-corrected chi connectivity index (χ0v) is 16.7. The second kappa shape index (κ2) is 9.21. The Balaban J connectivity index is 1.33. The molecule has 8 nitrogen and oxygen atoms in total. The predicted molar refractivity (Wildman–Crippen MR) is 115 cm³/mol. The Morgan fingerprint density at radius 2 is 1.52 bits per heavy atom. The highest BCUT2D eigenvalue weighted by Crippen LogP contribution is 2.17. The second-order valence-electron chi connectivity index (χ2n) is 6.99. The van der Waals surface area contributed by atoms with E-state index in [1.165, 1.54) is 24.3 Å². The van der Waals surface area contributed by atoms with Gasteiger partial charge in [-0.25, -0.2) is 19.2 Å². The standard InChI is InChI=1S/C22H21FN6O2/c23-17-5-7-18(8-6-17)27-22(31)29-13-11-28(12-14-29)20(30)16-3-1-4-19(15-16)26-21-24-9-2-10-25-21/h1-10,15H,11-14H2,(H,27,31)(H,24,25,26). The van der Waals surface area contributed by atoms with E-state index < -0.39 is 0 Å². The maximum Gasteiger partial charge on any atom is 0.321 e. The van der Waals surface area contributed by atoms with Crippen LogP contribution in [0.3, 0.4) is 0 Å². The highest BCUT2D eigenvalue weighted by Gasteiger charge is 2.25. The number of urea groups is 1. The molecule has 2 aromatic carbocycles. The molecule has 0 saturated carbocycles. The van der Waals surface area contributed by atoms with Crippen LogP contribution in [0.2, 0.25) is 0 Å². The van der Waals surface area contributed by atoms with Gasteiger partial charge in [0.1, 0.15) is 5.82 Å².